The smallest absolute Gasteiger partial charge is 0.254 e. The lowest BCUT2D eigenvalue weighted by atomic mass is 9.93. The SMILES string of the molecule is Cc1ccc(C(=O)N(CC(=O)N2CCc3sccc3C2c2ccc(Cl)cc2Cl)C(C)C)cc1. The Hall–Kier alpha value is -2.34. The lowest BCUT2D eigenvalue weighted by Gasteiger charge is -2.38. The number of nitrogens with zero attached hydrogens (tertiary/aromatic N) is 2. The molecule has 0 bridgehead atoms. The molecule has 1 aliphatic heterocycles. The first-order valence-corrected chi connectivity index (χ1v) is 12.6. The topological polar surface area (TPSA) is 40.6 Å². The molecule has 1 aliphatic rings. The highest BCUT2D eigenvalue weighted by Crippen LogP contribution is 2.41. The van der Waals surface area contributed by atoms with Gasteiger partial charge in [-0.1, -0.05) is 47.0 Å². The van der Waals surface area contributed by atoms with Crippen LogP contribution in [0.3, 0.4) is 0 Å². The Morgan fingerprint density at radius 2 is 1.82 bits per heavy atom. The zero-order chi connectivity index (χ0) is 23.7. The molecule has 1 aromatic heterocycles. The van der Waals surface area contributed by atoms with E-state index >= 15 is 0 Å². The second-order valence-electron chi connectivity index (χ2n) is 8.60. The van der Waals surface area contributed by atoms with Gasteiger partial charge in [0, 0.05) is 33.1 Å². The van der Waals surface area contributed by atoms with Crippen LogP contribution in [-0.2, 0) is 11.2 Å². The standard InChI is InChI=1S/C26H26Cl2N2O2S/c1-16(2)30(26(32)18-6-4-17(3)5-7-18)15-24(31)29-12-10-23-21(11-13-33-23)25(29)20-9-8-19(27)14-22(20)28/h4-9,11,13-14,16,25H,10,12,15H2,1-3H3. The van der Waals surface area contributed by atoms with E-state index in [1.54, 1.807) is 28.4 Å². The van der Waals surface area contributed by atoms with Gasteiger partial charge in [-0.05, 0) is 74.0 Å². The molecule has 0 aliphatic carbocycles. The van der Waals surface area contributed by atoms with Crippen molar-refractivity contribution in [3.63, 3.8) is 0 Å². The minimum absolute atomic E-state index is 0.00551. The Labute approximate surface area is 208 Å². The van der Waals surface area contributed by atoms with E-state index in [4.69, 9.17) is 23.2 Å². The van der Waals surface area contributed by atoms with Crippen molar-refractivity contribution in [2.24, 2.45) is 0 Å². The Balaban J connectivity index is 1.65. The number of rotatable bonds is 5. The van der Waals surface area contributed by atoms with Crippen molar-refractivity contribution in [2.75, 3.05) is 13.1 Å². The number of benzene rings is 2. The number of hydrogen-bond acceptors (Lipinski definition) is 3. The van der Waals surface area contributed by atoms with Crippen LogP contribution in [0, 0.1) is 6.92 Å². The van der Waals surface area contributed by atoms with Crippen molar-refractivity contribution in [3.05, 3.63) is 91.1 Å². The van der Waals surface area contributed by atoms with Gasteiger partial charge in [-0.15, -0.1) is 11.3 Å². The molecule has 0 spiro atoms. The predicted molar refractivity (Wildman–Crippen MR) is 135 cm³/mol. The van der Waals surface area contributed by atoms with Crippen molar-refractivity contribution < 1.29 is 9.59 Å². The Kier molecular flexibility index (Phi) is 7.13. The molecule has 2 aromatic carbocycles. The first-order chi connectivity index (χ1) is 15.8. The van der Waals surface area contributed by atoms with Crippen molar-refractivity contribution >= 4 is 46.4 Å². The quantitative estimate of drug-likeness (QED) is 0.407. The van der Waals surface area contributed by atoms with Crippen LogP contribution in [0.2, 0.25) is 10.0 Å². The molecule has 4 rings (SSSR count). The summed E-state index contributed by atoms with van der Waals surface area (Å²) < 4.78 is 0. The summed E-state index contributed by atoms with van der Waals surface area (Å²) in [5.41, 5.74) is 3.60. The van der Waals surface area contributed by atoms with Crippen LogP contribution >= 0.6 is 34.5 Å². The van der Waals surface area contributed by atoms with E-state index in [1.165, 1.54) is 4.88 Å². The first kappa shape index (κ1) is 23.8. The minimum Gasteiger partial charge on any atom is -0.330 e. The third kappa shape index (κ3) is 4.96. The Morgan fingerprint density at radius 1 is 1.09 bits per heavy atom. The molecule has 0 radical (unpaired) electrons. The number of halogens is 2. The van der Waals surface area contributed by atoms with Crippen LogP contribution in [0.25, 0.3) is 0 Å². The van der Waals surface area contributed by atoms with Crippen LogP contribution < -0.4 is 0 Å². The van der Waals surface area contributed by atoms with E-state index in [-0.39, 0.29) is 30.4 Å². The summed E-state index contributed by atoms with van der Waals surface area (Å²) >= 11 is 14.4. The molecule has 33 heavy (non-hydrogen) atoms. The van der Waals surface area contributed by atoms with Crippen molar-refractivity contribution in [3.8, 4) is 0 Å². The Bertz CT molecular complexity index is 1170. The van der Waals surface area contributed by atoms with E-state index in [9.17, 15) is 9.59 Å². The fourth-order valence-corrected chi connectivity index (χ4v) is 5.65. The molecule has 2 heterocycles. The molecule has 2 amide bonds. The van der Waals surface area contributed by atoms with Crippen molar-refractivity contribution in [1.29, 1.82) is 0 Å². The highest BCUT2D eigenvalue weighted by atomic mass is 35.5. The zero-order valence-electron chi connectivity index (χ0n) is 18.8. The maximum absolute atomic E-state index is 13.7. The van der Waals surface area contributed by atoms with E-state index in [1.807, 2.05) is 56.0 Å². The third-order valence-corrected chi connectivity index (χ3v) is 7.59. The van der Waals surface area contributed by atoms with Crippen LogP contribution in [0.5, 0.6) is 0 Å². The van der Waals surface area contributed by atoms with Gasteiger partial charge in [0.25, 0.3) is 5.91 Å². The number of aryl methyl sites for hydroxylation is 1. The van der Waals surface area contributed by atoms with Crippen molar-refractivity contribution in [2.45, 2.75) is 39.3 Å². The minimum atomic E-state index is -0.305. The maximum atomic E-state index is 13.7. The number of carbonyl (C=O) groups is 2. The molecule has 0 N–H and O–H groups in total. The summed E-state index contributed by atoms with van der Waals surface area (Å²) in [6.45, 7) is 6.42. The van der Waals surface area contributed by atoms with Gasteiger partial charge in [0.05, 0.1) is 6.04 Å². The molecule has 172 valence electrons. The normalized spacial score (nSPS) is 15.5. The van der Waals surface area contributed by atoms with Gasteiger partial charge < -0.3 is 9.80 Å². The average molecular weight is 501 g/mol. The second-order valence-corrected chi connectivity index (χ2v) is 10.4. The molecule has 0 saturated carbocycles. The number of hydrogen-bond donors (Lipinski definition) is 0. The summed E-state index contributed by atoms with van der Waals surface area (Å²) in [6, 6.07) is 14.5. The van der Waals surface area contributed by atoms with Gasteiger partial charge in [0.2, 0.25) is 5.91 Å². The monoisotopic (exact) mass is 500 g/mol. The van der Waals surface area contributed by atoms with Gasteiger partial charge in [-0.25, -0.2) is 0 Å². The van der Waals surface area contributed by atoms with Crippen molar-refractivity contribution in [1.82, 2.24) is 9.80 Å². The number of thiophene rings is 1. The van der Waals surface area contributed by atoms with E-state index < -0.39 is 0 Å². The third-order valence-electron chi connectivity index (χ3n) is 6.03. The van der Waals surface area contributed by atoms with Crippen LogP contribution in [0.15, 0.2) is 53.9 Å². The lowest BCUT2D eigenvalue weighted by Crippen LogP contribution is -2.48. The van der Waals surface area contributed by atoms with Gasteiger partial charge in [-0.3, -0.25) is 9.59 Å². The summed E-state index contributed by atoms with van der Waals surface area (Å²) in [7, 11) is 0. The number of carbonyl (C=O) groups excluding carboxylic acids is 2. The van der Waals surface area contributed by atoms with Gasteiger partial charge in [-0.2, -0.15) is 0 Å². The predicted octanol–water partition coefficient (Wildman–Crippen LogP) is 6.39. The molecule has 0 saturated heterocycles. The van der Waals surface area contributed by atoms with Gasteiger partial charge >= 0.3 is 0 Å². The molecule has 1 unspecified atom stereocenters. The van der Waals surface area contributed by atoms with E-state index in [0.717, 1.165) is 23.1 Å². The first-order valence-electron chi connectivity index (χ1n) is 10.9. The molecule has 0 fully saturated rings. The number of fused-ring (bicyclic) bond motifs is 1. The summed E-state index contributed by atoms with van der Waals surface area (Å²) in [4.78, 5) is 31.6. The summed E-state index contributed by atoms with van der Waals surface area (Å²) in [6.07, 6.45) is 0.786. The molecule has 7 heteroatoms. The number of amides is 2. The zero-order valence-corrected chi connectivity index (χ0v) is 21.2. The van der Waals surface area contributed by atoms with Gasteiger partial charge in [0.1, 0.15) is 6.54 Å². The summed E-state index contributed by atoms with van der Waals surface area (Å²) in [5, 5.41) is 3.13. The molecular formula is C26H26Cl2N2O2S. The molecular weight excluding hydrogens is 475 g/mol. The van der Waals surface area contributed by atoms with E-state index in [2.05, 4.69) is 11.4 Å². The highest BCUT2D eigenvalue weighted by Gasteiger charge is 2.35. The molecule has 3 aromatic rings. The molecule has 1 atom stereocenters. The Morgan fingerprint density at radius 3 is 2.48 bits per heavy atom. The van der Waals surface area contributed by atoms with Crippen LogP contribution in [0.4, 0.5) is 0 Å². The fourth-order valence-electron chi connectivity index (χ4n) is 4.23. The van der Waals surface area contributed by atoms with Gasteiger partial charge in [0.15, 0.2) is 0 Å². The lowest BCUT2D eigenvalue weighted by molar-refractivity contribution is -0.134. The van der Waals surface area contributed by atoms with Crippen LogP contribution in [-0.4, -0.2) is 40.7 Å². The maximum Gasteiger partial charge on any atom is 0.254 e. The summed E-state index contributed by atoms with van der Waals surface area (Å²) in [5.74, 6) is -0.246. The average Bonchev–Trinajstić information content (AvgIpc) is 3.26. The van der Waals surface area contributed by atoms with Crippen LogP contribution in [0.1, 0.15) is 51.8 Å². The second kappa shape index (κ2) is 9.88. The largest absolute Gasteiger partial charge is 0.330 e. The molecule has 4 nitrogen and oxygen atoms in total. The fraction of sp³-hybridized carbons (Fsp3) is 0.308. The highest BCUT2D eigenvalue weighted by molar-refractivity contribution is 7.10. The van der Waals surface area contributed by atoms with E-state index in [0.29, 0.717) is 22.2 Å².